The standard InChI is InChI=1S/C24H24ClFN2O2S/c1-15(24(29)28-11-3-4-18(14-28)31-2)30-17-6-8-21-19(9-10-27-23(21)13-17)20-7-5-16(26)12-22(20)25/h5-10,12-13,15,18H,3-4,11,14H2,1-2H3. The smallest absolute Gasteiger partial charge is 0.263 e. The topological polar surface area (TPSA) is 42.4 Å². The fraction of sp³-hybridized carbons (Fsp3) is 0.333. The molecule has 0 spiro atoms. The average Bonchev–Trinajstić information content (AvgIpc) is 2.78. The maximum atomic E-state index is 13.4. The number of aromatic nitrogens is 1. The van der Waals surface area contributed by atoms with Crippen LogP contribution in [0.5, 0.6) is 5.75 Å². The van der Waals surface area contributed by atoms with Crippen LogP contribution in [0, 0.1) is 5.82 Å². The van der Waals surface area contributed by atoms with E-state index in [0.717, 1.165) is 48.0 Å². The Hall–Kier alpha value is -2.31. The number of carbonyl (C=O) groups is 1. The molecule has 2 heterocycles. The molecule has 1 saturated heterocycles. The van der Waals surface area contributed by atoms with Gasteiger partial charge in [-0.3, -0.25) is 9.78 Å². The summed E-state index contributed by atoms with van der Waals surface area (Å²) in [6.45, 7) is 3.34. The number of carbonyl (C=O) groups excluding carboxylic acids is 1. The van der Waals surface area contributed by atoms with E-state index in [-0.39, 0.29) is 11.7 Å². The zero-order valence-electron chi connectivity index (χ0n) is 17.5. The number of rotatable bonds is 5. The number of halogens is 2. The molecule has 1 aliphatic heterocycles. The molecule has 0 radical (unpaired) electrons. The number of pyridine rings is 1. The Morgan fingerprint density at radius 2 is 2.10 bits per heavy atom. The largest absolute Gasteiger partial charge is 0.481 e. The number of nitrogens with zero attached hydrogens (tertiary/aromatic N) is 2. The lowest BCUT2D eigenvalue weighted by atomic mass is 10.0. The number of ether oxygens (including phenoxy) is 1. The molecule has 2 unspecified atom stereocenters. The fourth-order valence-electron chi connectivity index (χ4n) is 3.99. The van der Waals surface area contributed by atoms with Crippen LogP contribution in [0.2, 0.25) is 5.02 Å². The van der Waals surface area contributed by atoms with Crippen molar-refractivity contribution in [3.05, 3.63) is 59.5 Å². The van der Waals surface area contributed by atoms with Crippen molar-refractivity contribution in [1.82, 2.24) is 9.88 Å². The van der Waals surface area contributed by atoms with Crippen molar-refractivity contribution in [2.24, 2.45) is 0 Å². The molecule has 0 saturated carbocycles. The summed E-state index contributed by atoms with van der Waals surface area (Å²) >= 11 is 8.08. The lowest BCUT2D eigenvalue weighted by molar-refractivity contribution is -0.138. The summed E-state index contributed by atoms with van der Waals surface area (Å²) in [7, 11) is 0. The van der Waals surface area contributed by atoms with Gasteiger partial charge in [-0.15, -0.1) is 0 Å². The van der Waals surface area contributed by atoms with Gasteiger partial charge in [0.05, 0.1) is 10.5 Å². The summed E-state index contributed by atoms with van der Waals surface area (Å²) in [5.74, 6) is 0.222. The zero-order chi connectivity index (χ0) is 22.0. The molecule has 1 aliphatic rings. The van der Waals surface area contributed by atoms with Crippen LogP contribution >= 0.6 is 23.4 Å². The van der Waals surface area contributed by atoms with Crippen LogP contribution in [-0.2, 0) is 4.79 Å². The summed E-state index contributed by atoms with van der Waals surface area (Å²) in [5.41, 5.74) is 2.32. The summed E-state index contributed by atoms with van der Waals surface area (Å²) in [5, 5.41) is 1.71. The molecule has 4 rings (SSSR count). The van der Waals surface area contributed by atoms with Crippen LogP contribution in [0.4, 0.5) is 4.39 Å². The highest BCUT2D eigenvalue weighted by Gasteiger charge is 2.27. The van der Waals surface area contributed by atoms with Crippen molar-refractivity contribution >= 4 is 40.2 Å². The highest BCUT2D eigenvalue weighted by molar-refractivity contribution is 7.99. The number of hydrogen-bond donors (Lipinski definition) is 0. The molecule has 1 amide bonds. The normalized spacial score (nSPS) is 17.5. The Kier molecular flexibility index (Phi) is 6.68. The minimum Gasteiger partial charge on any atom is -0.481 e. The molecule has 2 aromatic carbocycles. The summed E-state index contributed by atoms with van der Waals surface area (Å²) in [6, 6.07) is 11.8. The van der Waals surface area contributed by atoms with Crippen LogP contribution in [0.3, 0.4) is 0 Å². The Balaban J connectivity index is 1.55. The molecule has 1 aromatic heterocycles. The molecule has 4 nitrogen and oxygen atoms in total. The predicted molar refractivity (Wildman–Crippen MR) is 125 cm³/mol. The molecule has 2 atom stereocenters. The summed E-state index contributed by atoms with van der Waals surface area (Å²) in [6.07, 6.45) is 5.38. The van der Waals surface area contributed by atoms with Gasteiger partial charge in [-0.2, -0.15) is 11.8 Å². The van der Waals surface area contributed by atoms with Gasteiger partial charge in [0.25, 0.3) is 5.91 Å². The second-order valence-electron chi connectivity index (χ2n) is 7.71. The predicted octanol–water partition coefficient (Wildman–Crippen LogP) is 5.82. The minimum atomic E-state index is -0.576. The minimum absolute atomic E-state index is 0.0126. The highest BCUT2D eigenvalue weighted by Crippen LogP contribution is 2.34. The lowest BCUT2D eigenvalue weighted by Gasteiger charge is -2.33. The first kappa shape index (κ1) is 21.9. The van der Waals surface area contributed by atoms with Crippen LogP contribution in [0.25, 0.3) is 22.0 Å². The van der Waals surface area contributed by atoms with E-state index in [0.29, 0.717) is 16.0 Å². The van der Waals surface area contributed by atoms with Crippen molar-refractivity contribution in [2.75, 3.05) is 19.3 Å². The maximum absolute atomic E-state index is 13.4. The second-order valence-corrected chi connectivity index (χ2v) is 9.25. The number of piperidine rings is 1. The van der Waals surface area contributed by atoms with E-state index < -0.39 is 6.10 Å². The Morgan fingerprint density at radius 3 is 2.87 bits per heavy atom. The van der Waals surface area contributed by atoms with E-state index in [4.69, 9.17) is 16.3 Å². The lowest BCUT2D eigenvalue weighted by Crippen LogP contribution is -2.46. The van der Waals surface area contributed by atoms with Crippen LogP contribution < -0.4 is 4.74 Å². The van der Waals surface area contributed by atoms with Crippen molar-refractivity contribution in [3.63, 3.8) is 0 Å². The van der Waals surface area contributed by atoms with E-state index >= 15 is 0 Å². The van der Waals surface area contributed by atoms with Gasteiger partial charge in [-0.1, -0.05) is 11.6 Å². The molecule has 7 heteroatoms. The van der Waals surface area contributed by atoms with Crippen LogP contribution in [0.15, 0.2) is 48.7 Å². The van der Waals surface area contributed by atoms with Crippen molar-refractivity contribution in [1.29, 1.82) is 0 Å². The molecule has 0 aliphatic carbocycles. The van der Waals surface area contributed by atoms with Gasteiger partial charge in [-0.25, -0.2) is 4.39 Å². The average molecular weight is 459 g/mol. The zero-order valence-corrected chi connectivity index (χ0v) is 19.0. The summed E-state index contributed by atoms with van der Waals surface area (Å²) < 4.78 is 19.4. The first-order chi connectivity index (χ1) is 15.0. The molecule has 1 fully saturated rings. The monoisotopic (exact) mass is 458 g/mol. The number of likely N-dealkylation sites (tertiary alicyclic amines) is 1. The fourth-order valence-corrected chi connectivity index (χ4v) is 4.99. The highest BCUT2D eigenvalue weighted by atomic mass is 35.5. The van der Waals surface area contributed by atoms with Gasteiger partial charge in [-0.05, 0) is 68.0 Å². The Labute approximate surface area is 190 Å². The van der Waals surface area contributed by atoms with E-state index in [9.17, 15) is 9.18 Å². The SMILES string of the molecule is CSC1CCCN(C(=O)C(C)Oc2ccc3c(-c4ccc(F)cc4Cl)ccnc3c2)C1. The van der Waals surface area contributed by atoms with Gasteiger partial charge >= 0.3 is 0 Å². The van der Waals surface area contributed by atoms with Crippen LogP contribution in [0.1, 0.15) is 19.8 Å². The van der Waals surface area contributed by atoms with Gasteiger partial charge in [0, 0.05) is 41.6 Å². The van der Waals surface area contributed by atoms with Gasteiger partial charge in [0.2, 0.25) is 0 Å². The molecular weight excluding hydrogens is 435 g/mol. The van der Waals surface area contributed by atoms with E-state index in [2.05, 4.69) is 11.2 Å². The first-order valence-electron chi connectivity index (χ1n) is 10.3. The molecule has 31 heavy (non-hydrogen) atoms. The molecule has 0 bridgehead atoms. The van der Waals surface area contributed by atoms with Gasteiger partial charge in [0.15, 0.2) is 6.10 Å². The third kappa shape index (κ3) is 4.80. The number of thioether (sulfide) groups is 1. The van der Waals surface area contributed by atoms with Crippen LogP contribution in [-0.4, -0.2) is 46.5 Å². The first-order valence-corrected chi connectivity index (χ1v) is 12.0. The Morgan fingerprint density at radius 1 is 1.26 bits per heavy atom. The van der Waals surface area contributed by atoms with Crippen molar-refractivity contribution in [2.45, 2.75) is 31.1 Å². The van der Waals surface area contributed by atoms with E-state index in [1.807, 2.05) is 40.9 Å². The number of amides is 1. The maximum Gasteiger partial charge on any atom is 0.263 e. The third-order valence-electron chi connectivity index (χ3n) is 5.62. The van der Waals surface area contributed by atoms with Gasteiger partial charge in [0.1, 0.15) is 11.6 Å². The molecular formula is C24H24ClFN2O2S. The number of benzene rings is 2. The van der Waals surface area contributed by atoms with Crippen molar-refractivity contribution in [3.8, 4) is 16.9 Å². The van der Waals surface area contributed by atoms with E-state index in [1.165, 1.54) is 12.1 Å². The molecule has 0 N–H and O–H groups in total. The van der Waals surface area contributed by atoms with Crippen molar-refractivity contribution < 1.29 is 13.9 Å². The third-order valence-corrected chi connectivity index (χ3v) is 6.98. The number of fused-ring (bicyclic) bond motifs is 1. The van der Waals surface area contributed by atoms with Gasteiger partial charge < -0.3 is 9.64 Å². The molecule has 3 aromatic rings. The van der Waals surface area contributed by atoms with E-state index in [1.54, 1.807) is 19.2 Å². The quantitative estimate of drug-likeness (QED) is 0.483. The Bertz CT molecular complexity index is 1110. The molecule has 162 valence electrons. The summed E-state index contributed by atoms with van der Waals surface area (Å²) in [4.78, 5) is 19.2. The number of hydrogen-bond acceptors (Lipinski definition) is 4. The second kappa shape index (κ2) is 9.45.